The van der Waals surface area contributed by atoms with Crippen molar-refractivity contribution in [3.63, 3.8) is 0 Å². The minimum Gasteiger partial charge on any atom is -0.478 e. The number of unbranched alkanes of at least 4 members (excludes halogenated alkanes) is 2. The number of hydrogen-bond acceptors (Lipinski definition) is 12. The van der Waals surface area contributed by atoms with Gasteiger partial charge in [-0.2, -0.15) is 10.2 Å². The maximum absolute atomic E-state index is 12.8. The van der Waals surface area contributed by atoms with Crippen LogP contribution in [0.2, 0.25) is 0 Å². The van der Waals surface area contributed by atoms with Crippen LogP contribution >= 0.6 is 0 Å². The van der Waals surface area contributed by atoms with Crippen LogP contribution in [0.1, 0.15) is 103 Å². The number of alkyl carbamates (subject to hydrolysis) is 1. The summed E-state index contributed by atoms with van der Waals surface area (Å²) in [5.41, 5.74) is 5.33. The molecule has 16 nitrogen and oxygen atoms in total. The van der Waals surface area contributed by atoms with E-state index in [-0.39, 0.29) is 60.3 Å². The van der Waals surface area contributed by atoms with Crippen LogP contribution in [-0.4, -0.2) is 79.8 Å². The highest BCUT2D eigenvalue weighted by molar-refractivity contribution is 5.97. The highest BCUT2D eigenvalue weighted by Gasteiger charge is 2.16. The zero-order valence-electron chi connectivity index (χ0n) is 40.1. The zero-order chi connectivity index (χ0) is 50.6. The minimum atomic E-state index is -1.03. The Morgan fingerprint density at radius 1 is 0.586 bits per heavy atom. The number of benzene rings is 4. The molecule has 0 atom stereocenters. The fourth-order valence-corrected chi connectivity index (χ4v) is 7.11. The molecule has 0 fully saturated rings. The summed E-state index contributed by atoms with van der Waals surface area (Å²) in [4.78, 5) is 84.1. The monoisotopic (exact) mass is 953 g/mol. The maximum Gasteiger partial charge on any atom is 0.407 e. The number of ether oxygens (including phenoxy) is 3. The molecule has 0 radical (unpaired) electrons. The van der Waals surface area contributed by atoms with Crippen molar-refractivity contribution in [1.82, 2.24) is 24.9 Å². The second-order valence-corrected chi connectivity index (χ2v) is 17.2. The first kappa shape index (κ1) is 53.0. The molecule has 6 aromatic rings. The lowest BCUT2D eigenvalue weighted by Crippen LogP contribution is -2.32. The van der Waals surface area contributed by atoms with E-state index in [9.17, 15) is 33.6 Å². The molecule has 1 amide bonds. The molecular weight excluding hydrogens is 895 g/mol. The number of carbonyl (C=O) groups is 5. The summed E-state index contributed by atoms with van der Waals surface area (Å²) in [5, 5.41) is 20.8. The summed E-state index contributed by atoms with van der Waals surface area (Å²) in [5.74, 6) is -1.61. The minimum absolute atomic E-state index is 0.0266. The molecule has 0 unspecified atom stereocenters. The van der Waals surface area contributed by atoms with Crippen molar-refractivity contribution in [3.05, 3.63) is 175 Å². The second-order valence-electron chi connectivity index (χ2n) is 17.2. The van der Waals surface area contributed by atoms with Crippen molar-refractivity contribution < 1.29 is 43.3 Å². The molecule has 0 spiro atoms. The molecule has 70 heavy (non-hydrogen) atoms. The molecule has 16 heteroatoms. The number of amides is 1. The van der Waals surface area contributed by atoms with E-state index in [0.717, 1.165) is 40.7 Å². The van der Waals surface area contributed by atoms with Crippen LogP contribution in [-0.2, 0) is 49.7 Å². The summed E-state index contributed by atoms with van der Waals surface area (Å²) in [6, 6.07) is 34.5. The van der Waals surface area contributed by atoms with Crippen LogP contribution in [0, 0.1) is 0 Å². The predicted molar refractivity (Wildman–Crippen MR) is 264 cm³/mol. The number of aromatic carboxylic acids is 1. The molecule has 4 aromatic carbocycles. The number of nitrogens with zero attached hydrogens (tertiary/aromatic N) is 4. The molecule has 2 heterocycles. The third-order valence-electron chi connectivity index (χ3n) is 10.3. The lowest BCUT2D eigenvalue weighted by molar-refractivity contribution is -0.143. The highest BCUT2D eigenvalue weighted by atomic mass is 16.6. The number of esters is 2. The Balaban J connectivity index is 0.000000276. The Labute approximate surface area is 406 Å². The van der Waals surface area contributed by atoms with Crippen molar-refractivity contribution in [2.24, 2.45) is 0 Å². The number of carboxylic acid groups (broad SMARTS) is 1. The van der Waals surface area contributed by atoms with Gasteiger partial charge in [-0.15, -0.1) is 0 Å². The molecule has 2 N–H and O–H groups in total. The number of carboxylic acids is 1. The maximum atomic E-state index is 12.8. The van der Waals surface area contributed by atoms with Gasteiger partial charge in [0.05, 0.1) is 56.1 Å². The summed E-state index contributed by atoms with van der Waals surface area (Å²) >= 11 is 0. The van der Waals surface area contributed by atoms with E-state index in [0.29, 0.717) is 55.1 Å². The molecule has 0 aliphatic rings. The van der Waals surface area contributed by atoms with Crippen LogP contribution in [0.5, 0.6) is 0 Å². The van der Waals surface area contributed by atoms with Gasteiger partial charge in [0.1, 0.15) is 5.60 Å². The van der Waals surface area contributed by atoms with Gasteiger partial charge >= 0.3 is 24.0 Å². The van der Waals surface area contributed by atoms with Gasteiger partial charge in [-0.1, -0.05) is 85.3 Å². The van der Waals surface area contributed by atoms with Gasteiger partial charge in [-0.05, 0) is 100 Å². The van der Waals surface area contributed by atoms with E-state index in [4.69, 9.17) is 19.3 Å². The highest BCUT2D eigenvalue weighted by Crippen LogP contribution is 2.21. The van der Waals surface area contributed by atoms with E-state index < -0.39 is 17.7 Å². The SMILES string of the molecule is CCOC(=O)Cc1cccc(Cn2nc(-c3cccc(C(=O)CCCCCNC(=O)OC(C)(C)C)c3)ccc2=O)c1.CCOC(=O)Cc1cccc(Cn2nc(-c3cccc(C(=O)O)c3)ccc2=O)c1. The molecular formula is C54H59N5O11. The van der Waals surface area contributed by atoms with Crippen molar-refractivity contribution in [1.29, 1.82) is 0 Å². The Morgan fingerprint density at radius 2 is 1.06 bits per heavy atom. The van der Waals surface area contributed by atoms with Gasteiger partial charge in [-0.3, -0.25) is 24.0 Å². The molecule has 366 valence electrons. The molecule has 0 bridgehead atoms. The molecule has 0 aliphatic heterocycles. The van der Waals surface area contributed by atoms with E-state index >= 15 is 0 Å². The van der Waals surface area contributed by atoms with Crippen LogP contribution in [0.15, 0.2) is 131 Å². The second kappa shape index (κ2) is 25.9. The van der Waals surface area contributed by atoms with Crippen LogP contribution < -0.4 is 16.4 Å². The largest absolute Gasteiger partial charge is 0.478 e. The smallest absolute Gasteiger partial charge is 0.407 e. The van der Waals surface area contributed by atoms with Gasteiger partial charge in [0.25, 0.3) is 11.1 Å². The van der Waals surface area contributed by atoms with Gasteiger partial charge < -0.3 is 24.6 Å². The van der Waals surface area contributed by atoms with Gasteiger partial charge in [0, 0.05) is 41.8 Å². The fourth-order valence-electron chi connectivity index (χ4n) is 7.11. The summed E-state index contributed by atoms with van der Waals surface area (Å²) in [6.07, 6.45) is 2.54. The fraction of sp³-hybridized carbons (Fsp3) is 0.315. The molecule has 6 rings (SSSR count). The third kappa shape index (κ3) is 17.3. The standard InChI is InChI=1S/C32H39N3O6.C22H20N2O5/c1-5-40-30(38)20-23-11-9-12-24(19-23)22-35-29(37)17-16-27(34-35)25-13-10-14-26(21-25)28(36)15-7-6-8-18-33-31(39)41-32(2,3)4;1-2-29-21(26)12-15-5-3-6-16(11-15)14-24-20(25)10-9-19(23-24)17-7-4-8-18(13-17)22(27)28/h9-14,16-17,19,21H,5-8,15,18,20,22H2,1-4H3,(H,33,39);3-11,13H,2,12,14H2,1H3,(H,27,28). The Morgan fingerprint density at radius 3 is 1.54 bits per heavy atom. The van der Waals surface area contributed by atoms with Crippen molar-refractivity contribution in [2.75, 3.05) is 19.8 Å². The quantitative estimate of drug-likeness (QED) is 0.0321. The van der Waals surface area contributed by atoms with Crippen LogP contribution in [0.3, 0.4) is 0 Å². The third-order valence-corrected chi connectivity index (χ3v) is 10.3. The molecule has 0 saturated carbocycles. The Bertz CT molecular complexity index is 2900. The number of carbonyl (C=O) groups excluding carboxylic acids is 4. The molecule has 2 aromatic heterocycles. The van der Waals surface area contributed by atoms with E-state index in [1.807, 2.05) is 81.4 Å². The topological polar surface area (TPSA) is 215 Å². The van der Waals surface area contributed by atoms with Crippen molar-refractivity contribution >= 4 is 29.8 Å². The molecule has 0 aliphatic carbocycles. The number of rotatable bonds is 20. The number of ketones is 1. The average molecular weight is 954 g/mol. The van der Waals surface area contributed by atoms with Gasteiger partial charge in [0.2, 0.25) is 0 Å². The first-order valence-electron chi connectivity index (χ1n) is 23.1. The average Bonchev–Trinajstić information content (AvgIpc) is 3.31. The first-order valence-corrected chi connectivity index (χ1v) is 23.1. The summed E-state index contributed by atoms with van der Waals surface area (Å²) in [6.45, 7) is 10.6. The number of hydrogen-bond donors (Lipinski definition) is 2. The lowest BCUT2D eigenvalue weighted by atomic mass is 10.0. The van der Waals surface area contributed by atoms with Gasteiger partial charge in [-0.25, -0.2) is 19.0 Å². The lowest BCUT2D eigenvalue weighted by Gasteiger charge is -2.19. The van der Waals surface area contributed by atoms with Crippen molar-refractivity contribution in [3.8, 4) is 22.5 Å². The van der Waals surface area contributed by atoms with Crippen molar-refractivity contribution in [2.45, 2.75) is 91.8 Å². The van der Waals surface area contributed by atoms with Gasteiger partial charge in [0.15, 0.2) is 5.78 Å². The zero-order valence-corrected chi connectivity index (χ0v) is 40.1. The Kier molecular flexibility index (Phi) is 19.6. The summed E-state index contributed by atoms with van der Waals surface area (Å²) < 4.78 is 17.9. The van der Waals surface area contributed by atoms with E-state index in [1.54, 1.807) is 50.2 Å². The number of Topliss-reactive ketones (excluding diaryl/α,β-unsaturated/α-hetero) is 1. The normalized spacial score (nSPS) is 10.9. The predicted octanol–water partition coefficient (Wildman–Crippen LogP) is 8.09. The number of nitrogens with one attached hydrogen (secondary N) is 1. The van der Waals surface area contributed by atoms with Crippen LogP contribution in [0.4, 0.5) is 4.79 Å². The Hall–Kier alpha value is -8.01. The van der Waals surface area contributed by atoms with Crippen LogP contribution in [0.25, 0.3) is 22.5 Å². The number of aromatic nitrogens is 4. The van der Waals surface area contributed by atoms with E-state index in [1.165, 1.54) is 33.6 Å². The summed E-state index contributed by atoms with van der Waals surface area (Å²) in [7, 11) is 0. The molecule has 0 saturated heterocycles. The first-order chi connectivity index (χ1) is 33.5. The van der Waals surface area contributed by atoms with E-state index in [2.05, 4.69) is 15.5 Å².